The molecule has 1 aliphatic heterocycles. The summed E-state index contributed by atoms with van der Waals surface area (Å²) < 4.78 is 12.3. The normalized spacial score (nSPS) is 23.1. The fourth-order valence-corrected chi connectivity index (χ4v) is 2.99. The van der Waals surface area contributed by atoms with Gasteiger partial charge in [-0.2, -0.15) is 0 Å². The fourth-order valence-electron chi connectivity index (χ4n) is 2.14. The van der Waals surface area contributed by atoms with Crippen molar-refractivity contribution in [1.82, 2.24) is 0 Å². The van der Waals surface area contributed by atoms with Gasteiger partial charge >= 0.3 is 7.12 Å². The second kappa shape index (κ2) is 5.39. The van der Waals surface area contributed by atoms with Crippen LogP contribution in [0, 0.1) is 0 Å². The van der Waals surface area contributed by atoms with Gasteiger partial charge in [-0.25, -0.2) is 0 Å². The van der Waals surface area contributed by atoms with Crippen LogP contribution in [0.15, 0.2) is 22.5 Å². The van der Waals surface area contributed by atoms with E-state index in [9.17, 15) is 0 Å². The van der Waals surface area contributed by atoms with Crippen molar-refractivity contribution in [3.63, 3.8) is 0 Å². The summed E-state index contributed by atoms with van der Waals surface area (Å²) in [6, 6.07) is 4.21. The summed E-state index contributed by atoms with van der Waals surface area (Å²) in [5, 5.41) is 2.09. The minimum atomic E-state index is -0.281. The van der Waals surface area contributed by atoms with Crippen LogP contribution in [0.5, 0.6) is 0 Å². The molecule has 2 rings (SSSR count). The Bertz CT molecular complexity index is 426. The van der Waals surface area contributed by atoms with Gasteiger partial charge < -0.3 is 14.3 Å². The molecule has 1 aromatic rings. The van der Waals surface area contributed by atoms with Crippen LogP contribution < -0.4 is 0 Å². The van der Waals surface area contributed by atoms with Gasteiger partial charge in [0, 0.05) is 17.7 Å². The summed E-state index contributed by atoms with van der Waals surface area (Å²) in [5.74, 6) is 0.213. The lowest BCUT2D eigenvalue weighted by Crippen LogP contribution is -2.41. The van der Waals surface area contributed by atoms with E-state index in [1.54, 1.807) is 18.4 Å². The van der Waals surface area contributed by atoms with E-state index in [2.05, 4.69) is 50.2 Å². The van der Waals surface area contributed by atoms with Gasteiger partial charge in [-0.05, 0) is 51.8 Å². The molecule has 1 unspecified atom stereocenters. The fraction of sp³-hybridized carbons (Fsp3) is 0.643. The van der Waals surface area contributed by atoms with E-state index in [0.717, 1.165) is 6.42 Å². The average Bonchev–Trinajstić information content (AvgIpc) is 2.87. The highest BCUT2D eigenvalue weighted by Crippen LogP contribution is 2.42. The number of hydrogen-bond acceptors (Lipinski definition) is 4. The van der Waals surface area contributed by atoms with Crippen molar-refractivity contribution in [1.29, 1.82) is 0 Å². The van der Waals surface area contributed by atoms with Crippen LogP contribution in [-0.4, -0.2) is 31.6 Å². The summed E-state index contributed by atoms with van der Waals surface area (Å²) in [7, 11) is 1.59. The predicted molar refractivity (Wildman–Crippen MR) is 82.2 cm³/mol. The predicted octanol–water partition coefficient (Wildman–Crippen LogP) is 3.55. The molecule has 0 radical (unpaired) electrons. The van der Waals surface area contributed by atoms with Crippen LogP contribution in [0.2, 0.25) is 0 Å². The molecule has 0 saturated carbocycles. The molecular formula is C14H22BNO2S. The lowest BCUT2D eigenvalue weighted by Gasteiger charge is -2.32. The maximum Gasteiger partial charge on any atom is 0.467 e. The second-order valence-corrected chi connectivity index (χ2v) is 6.90. The van der Waals surface area contributed by atoms with Gasteiger partial charge in [0.2, 0.25) is 0 Å². The first kappa shape index (κ1) is 14.8. The molecular weight excluding hydrogens is 257 g/mol. The van der Waals surface area contributed by atoms with Crippen LogP contribution in [0.1, 0.15) is 44.8 Å². The Balaban J connectivity index is 2.21. The Labute approximate surface area is 120 Å². The molecule has 0 aliphatic carbocycles. The van der Waals surface area contributed by atoms with Crippen LogP contribution in [0.4, 0.5) is 0 Å². The highest BCUT2D eigenvalue weighted by molar-refractivity contribution is 7.10. The standard InChI is InChI=1S/C14H22BNO2S/c1-13(2)14(3,4)18-15(17-13)11(8-9-16-5)12-7-6-10-19-12/h6-7,9-11H,8H2,1-5H3. The monoisotopic (exact) mass is 279 g/mol. The summed E-state index contributed by atoms with van der Waals surface area (Å²) in [4.78, 5) is 5.39. The van der Waals surface area contributed by atoms with Gasteiger partial charge in [-0.15, -0.1) is 11.3 Å². The van der Waals surface area contributed by atoms with Crippen LogP contribution >= 0.6 is 11.3 Å². The van der Waals surface area contributed by atoms with E-state index in [0.29, 0.717) is 0 Å². The zero-order valence-corrected chi connectivity index (χ0v) is 13.2. The Kier molecular flexibility index (Phi) is 4.18. The molecule has 0 bridgehead atoms. The molecule has 0 aromatic carbocycles. The SMILES string of the molecule is CN=CCC(B1OC(C)(C)C(C)(C)O1)c1cccs1. The minimum absolute atomic E-state index is 0.207. The first-order chi connectivity index (χ1) is 8.87. The second-order valence-electron chi connectivity index (χ2n) is 5.92. The quantitative estimate of drug-likeness (QED) is 0.623. The molecule has 1 atom stereocenters. The van der Waals surface area contributed by atoms with Gasteiger partial charge in [-0.3, -0.25) is 0 Å². The zero-order chi connectivity index (χ0) is 14.1. The van der Waals surface area contributed by atoms with Crippen molar-refractivity contribution in [2.24, 2.45) is 4.99 Å². The van der Waals surface area contributed by atoms with Crippen LogP contribution in [0.3, 0.4) is 0 Å². The molecule has 1 fully saturated rings. The number of thiophene rings is 1. The lowest BCUT2D eigenvalue weighted by molar-refractivity contribution is 0.00578. The van der Waals surface area contributed by atoms with E-state index in [-0.39, 0.29) is 24.1 Å². The Morgan fingerprint density at radius 1 is 1.32 bits per heavy atom. The molecule has 1 aromatic heterocycles. The average molecular weight is 279 g/mol. The minimum Gasteiger partial charge on any atom is -0.403 e. The summed E-state index contributed by atoms with van der Waals surface area (Å²) in [6.07, 6.45) is 2.78. The van der Waals surface area contributed by atoms with Crippen molar-refractivity contribution >= 4 is 24.7 Å². The van der Waals surface area contributed by atoms with E-state index in [4.69, 9.17) is 9.31 Å². The third kappa shape index (κ3) is 2.93. The molecule has 5 heteroatoms. The van der Waals surface area contributed by atoms with Gasteiger partial charge in [0.25, 0.3) is 0 Å². The van der Waals surface area contributed by atoms with Crippen molar-refractivity contribution in [2.75, 3.05) is 7.05 Å². The Morgan fingerprint density at radius 2 is 1.95 bits per heavy atom. The van der Waals surface area contributed by atoms with Crippen LogP contribution in [0.25, 0.3) is 0 Å². The molecule has 3 nitrogen and oxygen atoms in total. The largest absolute Gasteiger partial charge is 0.467 e. The van der Waals surface area contributed by atoms with Crippen molar-refractivity contribution < 1.29 is 9.31 Å². The van der Waals surface area contributed by atoms with Gasteiger partial charge in [-0.1, -0.05) is 6.07 Å². The maximum absolute atomic E-state index is 6.17. The van der Waals surface area contributed by atoms with E-state index < -0.39 is 0 Å². The molecule has 0 amide bonds. The molecule has 1 saturated heterocycles. The highest BCUT2D eigenvalue weighted by Gasteiger charge is 2.53. The molecule has 1 aliphatic rings. The number of aliphatic imine (C=N–C) groups is 1. The number of nitrogens with zero attached hydrogens (tertiary/aromatic N) is 1. The third-order valence-electron chi connectivity index (χ3n) is 4.05. The van der Waals surface area contributed by atoms with Crippen molar-refractivity contribution in [2.45, 2.75) is 51.1 Å². The lowest BCUT2D eigenvalue weighted by atomic mass is 9.69. The summed E-state index contributed by atoms with van der Waals surface area (Å²) in [6.45, 7) is 8.36. The molecule has 104 valence electrons. The maximum atomic E-state index is 6.17. The Hall–Kier alpha value is -0.645. The summed E-state index contributed by atoms with van der Waals surface area (Å²) >= 11 is 1.75. The van der Waals surface area contributed by atoms with Gasteiger partial charge in [0.1, 0.15) is 0 Å². The third-order valence-corrected chi connectivity index (χ3v) is 5.05. The molecule has 0 spiro atoms. The molecule has 19 heavy (non-hydrogen) atoms. The highest BCUT2D eigenvalue weighted by atomic mass is 32.1. The van der Waals surface area contributed by atoms with Gasteiger partial charge in [0.05, 0.1) is 11.2 Å². The number of hydrogen-bond donors (Lipinski definition) is 0. The zero-order valence-electron chi connectivity index (χ0n) is 12.3. The van der Waals surface area contributed by atoms with Gasteiger partial charge in [0.15, 0.2) is 0 Å². The van der Waals surface area contributed by atoms with E-state index in [1.165, 1.54) is 4.88 Å². The first-order valence-corrected chi connectivity index (χ1v) is 7.55. The first-order valence-electron chi connectivity index (χ1n) is 6.67. The van der Waals surface area contributed by atoms with E-state index >= 15 is 0 Å². The summed E-state index contributed by atoms with van der Waals surface area (Å²) in [5.41, 5.74) is -0.562. The Morgan fingerprint density at radius 3 is 2.42 bits per heavy atom. The van der Waals surface area contributed by atoms with Crippen LogP contribution in [-0.2, 0) is 9.31 Å². The topological polar surface area (TPSA) is 30.8 Å². The molecule has 0 N–H and O–H groups in total. The van der Waals surface area contributed by atoms with Crippen molar-refractivity contribution in [3.8, 4) is 0 Å². The number of rotatable bonds is 4. The van der Waals surface area contributed by atoms with Crippen molar-refractivity contribution in [3.05, 3.63) is 22.4 Å². The van der Waals surface area contributed by atoms with E-state index in [1.807, 2.05) is 6.21 Å². The molecule has 2 heterocycles. The smallest absolute Gasteiger partial charge is 0.403 e.